The summed E-state index contributed by atoms with van der Waals surface area (Å²) >= 11 is 0. The first-order valence-corrected chi connectivity index (χ1v) is 10.5. The Hall–Kier alpha value is -0.845. The molecule has 1 N–H and O–H groups in total. The number of hydrogen-bond donors (Lipinski definition) is 1. The highest BCUT2D eigenvalue weighted by molar-refractivity contribution is 7.56. The quantitative estimate of drug-likeness (QED) is 0.561. The third kappa shape index (κ3) is 4.86. The maximum atomic E-state index is 12.6. The minimum Gasteiger partial charge on any atom is -0.482 e. The van der Waals surface area contributed by atoms with Crippen LogP contribution < -0.4 is 15.3 Å². The molecule has 25 heavy (non-hydrogen) atoms. The van der Waals surface area contributed by atoms with Gasteiger partial charge in [-0.25, -0.2) is 5.09 Å². The fourth-order valence-corrected chi connectivity index (χ4v) is 3.94. The van der Waals surface area contributed by atoms with E-state index in [0.29, 0.717) is 18.9 Å². The van der Waals surface area contributed by atoms with Crippen molar-refractivity contribution in [3.63, 3.8) is 0 Å². The van der Waals surface area contributed by atoms with E-state index < -0.39 is 25.8 Å². The summed E-state index contributed by atoms with van der Waals surface area (Å²) in [4.78, 5) is 0. The zero-order chi connectivity index (χ0) is 18.7. The fraction of sp³-hybridized carbons (Fsp3) is 0.647. The van der Waals surface area contributed by atoms with E-state index in [1.165, 1.54) is 0 Å². The maximum Gasteiger partial charge on any atom is 0.494 e. The van der Waals surface area contributed by atoms with Crippen LogP contribution in [-0.2, 0) is 18.4 Å². The third-order valence-electron chi connectivity index (χ3n) is 4.52. The normalized spacial score (nSPS) is 21.1. The molecule has 2 rings (SSSR count). The Balaban J connectivity index is 2.08. The molecule has 1 atom stereocenters. The number of nitrogens with one attached hydrogen (secondary N) is 1. The standard InChI is InChI=1S/C17H29BNO5P/c1-7-19-25(20,22-8-2)13-21-15-11-9-10-14(12-15)18-23-16(3,4)17(5,6)24-18/h9-12H,7-8,13H2,1-6H3,(H,19,20). The van der Waals surface area contributed by atoms with Gasteiger partial charge >= 0.3 is 14.6 Å². The second-order valence-corrected chi connectivity index (χ2v) is 9.22. The van der Waals surface area contributed by atoms with Crippen LogP contribution >= 0.6 is 7.52 Å². The third-order valence-corrected chi connectivity index (χ3v) is 6.46. The lowest BCUT2D eigenvalue weighted by molar-refractivity contribution is 0.00578. The minimum absolute atomic E-state index is 0.0263. The van der Waals surface area contributed by atoms with Crippen molar-refractivity contribution in [3.8, 4) is 5.75 Å². The van der Waals surface area contributed by atoms with Gasteiger partial charge in [-0.15, -0.1) is 0 Å². The average Bonchev–Trinajstić information content (AvgIpc) is 2.74. The molecule has 0 aromatic heterocycles. The molecular formula is C17H29BNO5P. The molecule has 0 spiro atoms. The monoisotopic (exact) mass is 369 g/mol. The Morgan fingerprint density at radius 3 is 2.36 bits per heavy atom. The molecule has 0 amide bonds. The van der Waals surface area contributed by atoms with E-state index in [0.717, 1.165) is 5.46 Å². The van der Waals surface area contributed by atoms with Gasteiger partial charge in [-0.2, -0.15) is 0 Å². The van der Waals surface area contributed by atoms with Gasteiger partial charge in [-0.1, -0.05) is 19.1 Å². The Morgan fingerprint density at radius 1 is 1.16 bits per heavy atom. The molecule has 1 saturated heterocycles. The molecule has 6 nitrogen and oxygen atoms in total. The molecular weight excluding hydrogens is 340 g/mol. The van der Waals surface area contributed by atoms with Crippen LogP contribution in [0.4, 0.5) is 0 Å². The molecule has 1 aromatic rings. The highest BCUT2D eigenvalue weighted by atomic mass is 31.2. The van der Waals surface area contributed by atoms with E-state index >= 15 is 0 Å². The highest BCUT2D eigenvalue weighted by Crippen LogP contribution is 2.42. The van der Waals surface area contributed by atoms with E-state index in [2.05, 4.69) is 5.09 Å². The van der Waals surface area contributed by atoms with Crippen molar-refractivity contribution in [2.45, 2.75) is 52.7 Å². The summed E-state index contributed by atoms with van der Waals surface area (Å²) in [5.74, 6) is 0.602. The van der Waals surface area contributed by atoms with Crippen LogP contribution in [-0.4, -0.2) is 37.8 Å². The second-order valence-electron chi connectivity index (χ2n) is 7.04. The SMILES string of the molecule is CCNP(=O)(COc1cccc(B2OC(C)(C)C(C)(C)O2)c1)OCC. The zero-order valence-corrected chi connectivity index (χ0v) is 16.9. The lowest BCUT2D eigenvalue weighted by Crippen LogP contribution is -2.41. The molecule has 0 saturated carbocycles. The van der Waals surface area contributed by atoms with Gasteiger partial charge in [0.15, 0.2) is 6.35 Å². The summed E-state index contributed by atoms with van der Waals surface area (Å²) in [5, 5.41) is 2.88. The van der Waals surface area contributed by atoms with E-state index in [4.69, 9.17) is 18.6 Å². The lowest BCUT2D eigenvalue weighted by Gasteiger charge is -2.32. The van der Waals surface area contributed by atoms with Gasteiger partial charge in [-0.05, 0) is 52.2 Å². The maximum absolute atomic E-state index is 12.6. The second kappa shape index (κ2) is 7.81. The topological polar surface area (TPSA) is 66.0 Å². The summed E-state index contributed by atoms with van der Waals surface area (Å²) in [7, 11) is -3.46. The van der Waals surface area contributed by atoms with Crippen LogP contribution in [0.5, 0.6) is 5.75 Å². The predicted molar refractivity (Wildman–Crippen MR) is 101 cm³/mol. The summed E-state index contributed by atoms with van der Waals surface area (Å²) in [6.45, 7) is 12.7. The zero-order valence-electron chi connectivity index (χ0n) is 16.0. The van der Waals surface area contributed by atoms with Crippen molar-refractivity contribution < 1.29 is 23.1 Å². The first kappa shape index (κ1) is 20.5. The Bertz CT molecular complexity index is 611. The summed E-state index contributed by atoms with van der Waals surface area (Å²) in [6, 6.07) is 7.47. The van der Waals surface area contributed by atoms with Crippen LogP contribution in [0.1, 0.15) is 41.5 Å². The van der Waals surface area contributed by atoms with E-state index in [-0.39, 0.29) is 6.35 Å². The summed E-state index contributed by atoms with van der Waals surface area (Å²) in [5.41, 5.74) is 0.0694. The molecule has 140 valence electrons. The molecule has 0 bridgehead atoms. The van der Waals surface area contributed by atoms with Crippen molar-refractivity contribution >= 4 is 20.1 Å². The smallest absolute Gasteiger partial charge is 0.482 e. The van der Waals surface area contributed by atoms with Crippen molar-refractivity contribution in [1.29, 1.82) is 0 Å². The minimum atomic E-state index is -3.00. The van der Waals surface area contributed by atoms with E-state index in [1.807, 2.05) is 65.8 Å². The van der Waals surface area contributed by atoms with Gasteiger partial charge in [0.25, 0.3) is 0 Å². The Labute approximate surface area is 151 Å². The highest BCUT2D eigenvalue weighted by Gasteiger charge is 2.51. The molecule has 1 aromatic carbocycles. The van der Waals surface area contributed by atoms with Gasteiger partial charge in [0.1, 0.15) is 5.75 Å². The molecule has 1 fully saturated rings. The molecule has 1 unspecified atom stereocenters. The molecule has 0 aliphatic carbocycles. The largest absolute Gasteiger partial charge is 0.494 e. The predicted octanol–water partition coefficient (Wildman–Crippen LogP) is 3.16. The number of hydrogen-bond acceptors (Lipinski definition) is 5. The van der Waals surface area contributed by atoms with Gasteiger partial charge in [0.2, 0.25) is 0 Å². The molecule has 0 radical (unpaired) electrons. The van der Waals surface area contributed by atoms with E-state index in [9.17, 15) is 4.57 Å². The number of benzene rings is 1. The lowest BCUT2D eigenvalue weighted by atomic mass is 9.79. The van der Waals surface area contributed by atoms with Crippen LogP contribution in [0, 0.1) is 0 Å². The van der Waals surface area contributed by atoms with Crippen molar-refractivity contribution in [2.24, 2.45) is 0 Å². The fourth-order valence-electron chi connectivity index (χ4n) is 2.47. The number of ether oxygens (including phenoxy) is 1. The van der Waals surface area contributed by atoms with Crippen molar-refractivity contribution in [2.75, 3.05) is 19.5 Å². The van der Waals surface area contributed by atoms with Crippen LogP contribution in [0.2, 0.25) is 0 Å². The Morgan fingerprint density at radius 2 is 1.80 bits per heavy atom. The van der Waals surface area contributed by atoms with Crippen LogP contribution in [0.15, 0.2) is 24.3 Å². The van der Waals surface area contributed by atoms with Gasteiger partial charge < -0.3 is 18.6 Å². The van der Waals surface area contributed by atoms with E-state index in [1.54, 1.807) is 0 Å². The van der Waals surface area contributed by atoms with Gasteiger partial charge in [-0.3, -0.25) is 4.57 Å². The molecule has 1 aliphatic heterocycles. The van der Waals surface area contributed by atoms with Crippen LogP contribution in [0.25, 0.3) is 0 Å². The van der Waals surface area contributed by atoms with Gasteiger partial charge in [0, 0.05) is 6.54 Å². The summed E-state index contributed by atoms with van der Waals surface area (Å²) < 4.78 is 35.8. The average molecular weight is 369 g/mol. The molecule has 8 heteroatoms. The van der Waals surface area contributed by atoms with Gasteiger partial charge in [0.05, 0.1) is 17.8 Å². The Kier molecular flexibility index (Phi) is 6.39. The van der Waals surface area contributed by atoms with Crippen LogP contribution in [0.3, 0.4) is 0 Å². The molecule has 1 heterocycles. The first-order chi connectivity index (χ1) is 11.6. The summed E-state index contributed by atoms with van der Waals surface area (Å²) in [6.07, 6.45) is -0.0263. The molecule has 1 aliphatic rings. The number of rotatable bonds is 8. The van der Waals surface area contributed by atoms with Crippen molar-refractivity contribution in [1.82, 2.24) is 5.09 Å². The first-order valence-electron chi connectivity index (χ1n) is 8.69. The van der Waals surface area contributed by atoms with Crippen molar-refractivity contribution in [3.05, 3.63) is 24.3 Å².